The lowest BCUT2D eigenvalue weighted by molar-refractivity contribution is -0.134. The number of carboxylic acids is 1. The molecule has 2 aromatic rings. The molecule has 2 aromatic carbocycles. The van der Waals surface area contributed by atoms with Crippen molar-refractivity contribution < 1.29 is 23.4 Å². The number of hydrogen-bond donors (Lipinski definition) is 6. The highest BCUT2D eigenvalue weighted by atomic mass is 32.2. The molecule has 1 atom stereocenters. The second-order valence-corrected chi connectivity index (χ2v) is 10.6. The number of carbonyl (C=O) groups is 1. The molecule has 0 aliphatic heterocycles. The molecule has 35 heavy (non-hydrogen) atoms. The summed E-state index contributed by atoms with van der Waals surface area (Å²) >= 11 is 0. The predicted octanol–water partition coefficient (Wildman–Crippen LogP) is 2.80. The smallest absolute Gasteiger partial charge is 0.300 e. The van der Waals surface area contributed by atoms with Crippen molar-refractivity contribution in [2.75, 3.05) is 30.7 Å². The van der Waals surface area contributed by atoms with E-state index in [-0.39, 0.29) is 11.6 Å². The Bertz CT molecular complexity index is 1020. The highest BCUT2D eigenvalue weighted by Gasteiger charge is 2.14. The normalized spacial score (nSPS) is 11.9. The summed E-state index contributed by atoms with van der Waals surface area (Å²) in [6.07, 6.45) is 0.712. The number of aliphatic hydroxyl groups is 1. The molecule has 0 saturated carbocycles. The van der Waals surface area contributed by atoms with E-state index in [0.717, 1.165) is 24.6 Å². The maximum absolute atomic E-state index is 12.4. The van der Waals surface area contributed by atoms with Crippen molar-refractivity contribution in [3.63, 3.8) is 0 Å². The maximum Gasteiger partial charge on any atom is 0.300 e. The minimum absolute atomic E-state index is 0.0209. The molecule has 0 heterocycles. The average molecular weight is 507 g/mol. The van der Waals surface area contributed by atoms with Crippen LogP contribution in [0.4, 0.5) is 5.69 Å². The van der Waals surface area contributed by atoms with E-state index < -0.39 is 21.9 Å². The predicted molar refractivity (Wildman–Crippen MR) is 140 cm³/mol. The Morgan fingerprint density at radius 2 is 1.60 bits per heavy atom. The monoisotopic (exact) mass is 506 g/mol. The summed E-state index contributed by atoms with van der Waals surface area (Å²) in [4.78, 5) is 9.38. The SMILES string of the molecule is CC(=O)O.CC(C)c1ccc(S(=O)(=O)CCCCNCC(O)CNc2ccc(C(=N)N)cc2)cc1. The van der Waals surface area contributed by atoms with E-state index in [1.54, 1.807) is 24.3 Å². The van der Waals surface area contributed by atoms with Crippen LogP contribution < -0.4 is 16.4 Å². The Balaban J connectivity index is 0.00000142. The average Bonchev–Trinajstić information content (AvgIpc) is 2.80. The van der Waals surface area contributed by atoms with Crippen LogP contribution in [0.1, 0.15) is 50.7 Å². The van der Waals surface area contributed by atoms with Crippen LogP contribution >= 0.6 is 0 Å². The van der Waals surface area contributed by atoms with Crippen LogP contribution in [0.3, 0.4) is 0 Å². The lowest BCUT2D eigenvalue weighted by atomic mass is 10.0. The Morgan fingerprint density at radius 3 is 2.11 bits per heavy atom. The number of aliphatic hydroxyl groups excluding tert-OH is 1. The van der Waals surface area contributed by atoms with Crippen molar-refractivity contribution in [2.45, 2.75) is 50.5 Å². The van der Waals surface area contributed by atoms with E-state index >= 15 is 0 Å². The first-order valence-corrected chi connectivity index (χ1v) is 13.2. The molecule has 0 spiro atoms. The second-order valence-electron chi connectivity index (χ2n) is 8.50. The van der Waals surface area contributed by atoms with Gasteiger partial charge in [-0.05, 0) is 67.3 Å². The number of nitrogen functional groups attached to an aromatic ring is 1. The highest BCUT2D eigenvalue weighted by Crippen LogP contribution is 2.18. The van der Waals surface area contributed by atoms with Crippen LogP contribution in [-0.4, -0.2) is 61.9 Å². The molecule has 194 valence electrons. The molecule has 10 heteroatoms. The fourth-order valence-corrected chi connectivity index (χ4v) is 4.43. The zero-order valence-electron chi connectivity index (χ0n) is 20.6. The largest absolute Gasteiger partial charge is 0.481 e. The van der Waals surface area contributed by atoms with Crippen LogP contribution in [0.15, 0.2) is 53.4 Å². The van der Waals surface area contributed by atoms with Crippen molar-refractivity contribution in [3.8, 4) is 0 Å². The van der Waals surface area contributed by atoms with E-state index in [9.17, 15) is 13.5 Å². The number of nitrogens with two attached hydrogens (primary N) is 1. The van der Waals surface area contributed by atoms with E-state index in [1.807, 2.05) is 24.3 Å². The number of carboxylic acid groups (broad SMARTS) is 1. The van der Waals surface area contributed by atoms with Gasteiger partial charge >= 0.3 is 0 Å². The number of sulfone groups is 1. The molecule has 0 fully saturated rings. The van der Waals surface area contributed by atoms with Gasteiger partial charge in [-0.3, -0.25) is 10.2 Å². The van der Waals surface area contributed by atoms with Gasteiger partial charge in [0.1, 0.15) is 5.84 Å². The molecule has 0 radical (unpaired) electrons. The van der Waals surface area contributed by atoms with Gasteiger partial charge in [0.15, 0.2) is 9.84 Å². The summed E-state index contributed by atoms with van der Waals surface area (Å²) in [5, 5.41) is 31.2. The summed E-state index contributed by atoms with van der Waals surface area (Å²) in [5.41, 5.74) is 8.05. The van der Waals surface area contributed by atoms with Crippen LogP contribution in [0, 0.1) is 5.41 Å². The summed E-state index contributed by atoms with van der Waals surface area (Å²) in [5.74, 6) is -0.316. The summed E-state index contributed by atoms with van der Waals surface area (Å²) in [6.45, 7) is 6.69. The Kier molecular flexibility index (Phi) is 13.0. The van der Waals surface area contributed by atoms with Crippen LogP contribution in [0.25, 0.3) is 0 Å². The first-order valence-electron chi connectivity index (χ1n) is 11.5. The van der Waals surface area contributed by atoms with Gasteiger partial charge in [0.05, 0.1) is 16.8 Å². The molecular weight excluding hydrogens is 468 g/mol. The fourth-order valence-electron chi connectivity index (χ4n) is 3.06. The van der Waals surface area contributed by atoms with Gasteiger partial charge in [-0.15, -0.1) is 0 Å². The Morgan fingerprint density at radius 1 is 1.03 bits per heavy atom. The molecule has 0 aliphatic rings. The topological polar surface area (TPSA) is 166 Å². The Hall–Kier alpha value is -2.95. The first-order chi connectivity index (χ1) is 16.4. The number of benzene rings is 2. The minimum atomic E-state index is -3.26. The molecule has 0 amide bonds. The van der Waals surface area contributed by atoms with Crippen molar-refractivity contribution in [1.82, 2.24) is 5.32 Å². The summed E-state index contributed by atoms with van der Waals surface area (Å²) < 4.78 is 24.9. The number of rotatable bonds is 13. The molecule has 7 N–H and O–H groups in total. The standard InChI is InChI=1S/C23H34N4O3S.C2H4O2/c1-17(2)18-7-11-22(12-8-18)31(29,30)14-4-3-13-26-15-21(28)16-27-20-9-5-19(6-10-20)23(24)25;1-2(3)4/h5-12,17,21,26-28H,3-4,13-16H2,1-2H3,(H3,24,25);1H3,(H,3,4). The molecule has 2 rings (SSSR count). The van der Waals surface area contributed by atoms with Gasteiger partial charge in [0, 0.05) is 31.3 Å². The summed E-state index contributed by atoms with van der Waals surface area (Å²) in [7, 11) is -3.26. The van der Waals surface area contributed by atoms with Gasteiger partial charge in [0.2, 0.25) is 0 Å². The van der Waals surface area contributed by atoms with Gasteiger partial charge in [0.25, 0.3) is 5.97 Å². The molecular formula is C25H38N4O5S. The minimum Gasteiger partial charge on any atom is -0.481 e. The number of hydrogen-bond acceptors (Lipinski definition) is 7. The zero-order chi connectivity index (χ0) is 26.4. The van der Waals surface area contributed by atoms with E-state index in [2.05, 4.69) is 24.5 Å². The molecule has 1 unspecified atom stereocenters. The lowest BCUT2D eigenvalue weighted by Crippen LogP contribution is -2.32. The highest BCUT2D eigenvalue weighted by molar-refractivity contribution is 7.91. The third-order valence-electron chi connectivity index (χ3n) is 5.04. The van der Waals surface area contributed by atoms with E-state index in [1.165, 1.54) is 0 Å². The van der Waals surface area contributed by atoms with Crippen LogP contribution in [-0.2, 0) is 14.6 Å². The van der Waals surface area contributed by atoms with Crippen molar-refractivity contribution in [2.24, 2.45) is 5.73 Å². The second kappa shape index (κ2) is 15.1. The Labute approximate surface area is 208 Å². The number of unbranched alkanes of at least 4 members (excludes halogenated alkanes) is 1. The number of aliphatic carboxylic acids is 1. The third kappa shape index (κ3) is 12.4. The molecule has 0 aliphatic carbocycles. The third-order valence-corrected chi connectivity index (χ3v) is 6.86. The van der Waals surface area contributed by atoms with E-state index in [4.69, 9.17) is 21.0 Å². The number of anilines is 1. The van der Waals surface area contributed by atoms with Gasteiger partial charge in [-0.25, -0.2) is 8.42 Å². The quantitative estimate of drug-likeness (QED) is 0.137. The van der Waals surface area contributed by atoms with E-state index in [0.29, 0.717) is 42.4 Å². The van der Waals surface area contributed by atoms with Crippen molar-refractivity contribution in [3.05, 3.63) is 59.7 Å². The van der Waals surface area contributed by atoms with Gasteiger partial charge < -0.3 is 26.6 Å². The lowest BCUT2D eigenvalue weighted by Gasteiger charge is -2.14. The molecule has 0 bridgehead atoms. The molecule has 0 saturated heterocycles. The zero-order valence-corrected chi connectivity index (χ0v) is 21.4. The van der Waals surface area contributed by atoms with Crippen LogP contribution in [0.5, 0.6) is 0 Å². The fraction of sp³-hybridized carbons (Fsp3) is 0.440. The van der Waals surface area contributed by atoms with Crippen molar-refractivity contribution >= 4 is 27.3 Å². The van der Waals surface area contributed by atoms with Gasteiger partial charge in [-0.2, -0.15) is 0 Å². The number of nitrogens with one attached hydrogen (secondary N) is 3. The number of amidine groups is 1. The van der Waals surface area contributed by atoms with Crippen molar-refractivity contribution in [1.29, 1.82) is 5.41 Å². The maximum atomic E-state index is 12.4. The molecule has 9 nitrogen and oxygen atoms in total. The first kappa shape index (κ1) is 30.1. The molecule has 0 aromatic heterocycles. The van der Waals surface area contributed by atoms with Gasteiger partial charge in [-0.1, -0.05) is 26.0 Å². The van der Waals surface area contributed by atoms with Crippen LogP contribution in [0.2, 0.25) is 0 Å². The summed E-state index contributed by atoms with van der Waals surface area (Å²) in [6, 6.07) is 14.3.